The summed E-state index contributed by atoms with van der Waals surface area (Å²) in [6.45, 7) is 9.36. The zero-order valence-electron chi connectivity index (χ0n) is 20.7. The van der Waals surface area contributed by atoms with Crippen LogP contribution >= 0.6 is 0 Å². The Kier molecular flexibility index (Phi) is 4.04. The average molecular weight is 468 g/mol. The van der Waals surface area contributed by atoms with Gasteiger partial charge in [-0.3, -0.25) is 0 Å². The lowest BCUT2D eigenvalue weighted by Gasteiger charge is -2.54. The van der Waals surface area contributed by atoms with Crippen LogP contribution in [0.2, 0.25) is 0 Å². The van der Waals surface area contributed by atoms with E-state index in [9.17, 15) is 0 Å². The smallest absolute Gasteiger partial charge is 0.143 e. The van der Waals surface area contributed by atoms with Crippen LogP contribution in [0.25, 0.3) is 16.5 Å². The molecule has 0 spiro atoms. The van der Waals surface area contributed by atoms with Crippen molar-refractivity contribution in [3.05, 3.63) is 71.6 Å². The van der Waals surface area contributed by atoms with Crippen molar-refractivity contribution < 1.29 is 9.47 Å². The molecule has 5 heteroatoms. The number of anilines is 1. The highest BCUT2D eigenvalue weighted by Crippen LogP contribution is 2.68. The third-order valence-electron chi connectivity index (χ3n) is 9.62. The third-order valence-corrected chi connectivity index (χ3v) is 9.62. The highest BCUT2D eigenvalue weighted by Gasteiger charge is 2.67. The number of benzene rings is 2. The molecule has 5 aliphatic rings. The van der Waals surface area contributed by atoms with Gasteiger partial charge in [-0.15, -0.1) is 0 Å². The van der Waals surface area contributed by atoms with E-state index in [0.29, 0.717) is 6.04 Å². The summed E-state index contributed by atoms with van der Waals surface area (Å²) in [6, 6.07) is 18.6. The number of nitrogens with zero attached hydrogens (tertiary/aromatic N) is 3. The first-order chi connectivity index (χ1) is 17.1. The van der Waals surface area contributed by atoms with E-state index in [0.717, 1.165) is 52.1 Å². The molecule has 0 radical (unpaired) electrons. The zero-order valence-corrected chi connectivity index (χ0v) is 20.7. The van der Waals surface area contributed by atoms with Crippen molar-refractivity contribution in [2.24, 2.45) is 5.41 Å². The summed E-state index contributed by atoms with van der Waals surface area (Å²) in [5.41, 5.74) is 8.16. The Bertz CT molecular complexity index is 1370. The summed E-state index contributed by atoms with van der Waals surface area (Å²) in [4.78, 5) is 5.09. The molecule has 0 amide bonds. The summed E-state index contributed by atoms with van der Waals surface area (Å²) >= 11 is 0. The van der Waals surface area contributed by atoms with Crippen molar-refractivity contribution in [3.8, 4) is 0 Å². The molecule has 180 valence electrons. The van der Waals surface area contributed by atoms with Crippen LogP contribution in [0.1, 0.15) is 49.6 Å². The maximum atomic E-state index is 7.22. The lowest BCUT2D eigenvalue weighted by Crippen LogP contribution is -2.53. The topological polar surface area (TPSA) is 29.9 Å². The van der Waals surface area contributed by atoms with Gasteiger partial charge in [-0.05, 0) is 49.1 Å². The summed E-state index contributed by atoms with van der Waals surface area (Å²) in [5.74, 6) is 0. The minimum absolute atomic E-state index is 0.0985. The van der Waals surface area contributed by atoms with Gasteiger partial charge in [0.2, 0.25) is 0 Å². The summed E-state index contributed by atoms with van der Waals surface area (Å²) in [5, 5.41) is 1.43. The van der Waals surface area contributed by atoms with Gasteiger partial charge < -0.3 is 23.8 Å². The first-order valence-electron chi connectivity index (χ1n) is 13.3. The van der Waals surface area contributed by atoms with Gasteiger partial charge in [0, 0.05) is 60.0 Å². The van der Waals surface area contributed by atoms with Gasteiger partial charge in [-0.1, -0.05) is 37.3 Å². The lowest BCUT2D eigenvalue weighted by atomic mass is 9.62. The van der Waals surface area contributed by atoms with E-state index < -0.39 is 0 Å². The number of rotatable bonds is 3. The largest absolute Gasteiger partial charge is 0.378 e. The molecule has 0 saturated carbocycles. The first kappa shape index (κ1) is 20.4. The van der Waals surface area contributed by atoms with E-state index in [1.54, 1.807) is 5.56 Å². The van der Waals surface area contributed by atoms with E-state index >= 15 is 0 Å². The molecule has 5 aliphatic heterocycles. The van der Waals surface area contributed by atoms with E-state index in [2.05, 4.69) is 82.9 Å². The van der Waals surface area contributed by atoms with Crippen LogP contribution in [-0.2, 0) is 21.6 Å². The molecule has 35 heavy (non-hydrogen) atoms. The highest BCUT2D eigenvalue weighted by molar-refractivity contribution is 5.87. The number of aromatic nitrogens is 1. The molecule has 4 atom stereocenters. The molecule has 6 heterocycles. The fraction of sp³-hybridized carbons (Fsp3) is 0.467. The maximum absolute atomic E-state index is 7.22. The number of morpholine rings is 1. The summed E-state index contributed by atoms with van der Waals surface area (Å²) in [7, 11) is 0. The number of fused-ring (bicyclic) bond motifs is 5. The van der Waals surface area contributed by atoms with Gasteiger partial charge in [0.05, 0.1) is 30.9 Å². The highest BCUT2D eigenvalue weighted by atomic mass is 16.5. The quantitative estimate of drug-likeness (QED) is 0.523. The fourth-order valence-electron chi connectivity index (χ4n) is 8.18. The Labute approximate surface area is 206 Å². The molecular weight excluding hydrogens is 434 g/mol. The Morgan fingerprint density at radius 1 is 1.00 bits per heavy atom. The molecule has 0 unspecified atom stereocenters. The predicted molar refractivity (Wildman–Crippen MR) is 138 cm³/mol. The molecule has 8 rings (SSSR count). The molecule has 3 aromatic rings. The van der Waals surface area contributed by atoms with Crippen molar-refractivity contribution in [1.82, 2.24) is 9.47 Å². The van der Waals surface area contributed by atoms with Crippen LogP contribution < -0.4 is 4.90 Å². The van der Waals surface area contributed by atoms with Crippen LogP contribution in [0.5, 0.6) is 0 Å². The van der Waals surface area contributed by atoms with Gasteiger partial charge in [-0.2, -0.15) is 0 Å². The summed E-state index contributed by atoms with van der Waals surface area (Å²) < 4.78 is 15.3. The van der Waals surface area contributed by atoms with Gasteiger partial charge >= 0.3 is 0 Å². The SMILES string of the molecule is CC[C@@]12C[C@@]3(C)O[C@@H]1C(c1ccc(N4CCOCC4)cc1)=CN1CCc4c(n3c3ccccc43)[C@@H]12. The van der Waals surface area contributed by atoms with Crippen LogP contribution in [0.15, 0.2) is 54.7 Å². The number of para-hydroxylation sites is 1. The second-order valence-corrected chi connectivity index (χ2v) is 11.3. The Morgan fingerprint density at radius 2 is 1.80 bits per heavy atom. The Balaban J connectivity index is 1.28. The molecule has 2 saturated heterocycles. The molecular formula is C30H33N3O2. The van der Waals surface area contributed by atoms with Crippen LogP contribution in [0.4, 0.5) is 5.69 Å². The van der Waals surface area contributed by atoms with E-state index in [-0.39, 0.29) is 17.2 Å². The first-order valence-corrected chi connectivity index (χ1v) is 13.3. The van der Waals surface area contributed by atoms with Gasteiger partial charge in [-0.25, -0.2) is 0 Å². The molecule has 2 bridgehead atoms. The van der Waals surface area contributed by atoms with Crippen molar-refractivity contribution >= 4 is 22.2 Å². The zero-order chi connectivity index (χ0) is 23.4. The monoisotopic (exact) mass is 467 g/mol. The second kappa shape index (κ2) is 6.92. The van der Waals surface area contributed by atoms with Crippen molar-refractivity contribution in [2.45, 2.75) is 51.0 Å². The Morgan fingerprint density at radius 3 is 2.60 bits per heavy atom. The van der Waals surface area contributed by atoms with Gasteiger partial charge in [0.25, 0.3) is 0 Å². The normalized spacial score (nSPS) is 32.8. The maximum Gasteiger partial charge on any atom is 0.143 e. The number of hydrogen-bond donors (Lipinski definition) is 0. The summed E-state index contributed by atoms with van der Waals surface area (Å²) in [6.07, 6.45) is 5.85. The van der Waals surface area contributed by atoms with E-state index in [1.165, 1.54) is 33.4 Å². The second-order valence-electron chi connectivity index (χ2n) is 11.3. The van der Waals surface area contributed by atoms with Crippen LogP contribution in [0, 0.1) is 5.41 Å². The van der Waals surface area contributed by atoms with Crippen molar-refractivity contribution in [3.63, 3.8) is 0 Å². The lowest BCUT2D eigenvalue weighted by molar-refractivity contribution is -0.0643. The molecule has 1 aromatic heterocycles. The van der Waals surface area contributed by atoms with Crippen LogP contribution in [0.3, 0.4) is 0 Å². The predicted octanol–water partition coefficient (Wildman–Crippen LogP) is 5.30. The molecule has 2 fully saturated rings. The van der Waals surface area contributed by atoms with E-state index in [4.69, 9.17) is 9.47 Å². The minimum Gasteiger partial charge on any atom is -0.378 e. The Hall–Kier alpha value is -2.76. The average Bonchev–Trinajstić information content (AvgIpc) is 3.40. The van der Waals surface area contributed by atoms with Gasteiger partial charge in [0.1, 0.15) is 5.72 Å². The number of ether oxygens (including phenoxy) is 2. The third kappa shape index (κ3) is 2.51. The minimum atomic E-state index is -0.315. The van der Waals surface area contributed by atoms with Crippen LogP contribution in [-0.4, -0.2) is 48.4 Å². The van der Waals surface area contributed by atoms with E-state index in [1.807, 2.05) is 0 Å². The van der Waals surface area contributed by atoms with Gasteiger partial charge in [0.15, 0.2) is 0 Å². The number of hydrogen-bond acceptors (Lipinski definition) is 4. The fourth-order valence-corrected chi connectivity index (χ4v) is 8.18. The molecule has 0 N–H and O–H groups in total. The molecule has 0 aliphatic carbocycles. The molecule has 2 aromatic carbocycles. The molecule has 5 nitrogen and oxygen atoms in total. The van der Waals surface area contributed by atoms with Crippen molar-refractivity contribution in [1.29, 1.82) is 0 Å². The standard InChI is InChI=1S/C30H33N3O2/c1-3-30-19-29(2)33-25-7-5-4-6-22(25)23-12-13-32(27(30)26(23)33)18-24(28(30)35-29)20-8-10-21(11-9-20)31-14-16-34-17-15-31/h4-11,18,27-28H,3,12-17,19H2,1-2H3/t27-,28-,29-,30+/m1/s1. The van der Waals surface area contributed by atoms with Crippen molar-refractivity contribution in [2.75, 3.05) is 37.7 Å².